The van der Waals surface area contributed by atoms with Crippen LogP contribution < -0.4 is 0 Å². The number of carbonyl (C=O) groups is 1. The van der Waals surface area contributed by atoms with E-state index in [1.165, 1.54) is 0 Å². The summed E-state index contributed by atoms with van der Waals surface area (Å²) in [6.45, 7) is -1.42. The third kappa shape index (κ3) is 3.47. The van der Waals surface area contributed by atoms with E-state index in [9.17, 15) is 35.4 Å². The Balaban J connectivity index is 2.13. The number of rotatable bonds is 4. The summed E-state index contributed by atoms with van der Waals surface area (Å²) in [5.41, 5.74) is 0. The summed E-state index contributed by atoms with van der Waals surface area (Å²) >= 11 is 0. The average molecular weight is 340 g/mol. The number of aliphatic hydroxyl groups excluding tert-OH is 7. The van der Waals surface area contributed by atoms with E-state index in [0.717, 1.165) is 0 Å². The average Bonchev–Trinajstić information content (AvgIpc) is 2.55. The normalized spacial score (nSPS) is 48.1. The highest BCUT2D eigenvalue weighted by atomic mass is 16.7. The van der Waals surface area contributed by atoms with Crippen LogP contribution in [0, 0.1) is 0 Å². The zero-order chi connectivity index (χ0) is 17.3. The SMILES string of the molecule is O=C1O[C@H](CO)[C@H](O[C@@H]2O[C@H](CO)[C@H](O)[C@H](O)[C@@H]2O)[C@H](O)[C@@H]1O. The second kappa shape index (κ2) is 7.34. The molecule has 2 saturated heterocycles. The molecule has 0 spiro atoms. The van der Waals surface area contributed by atoms with Crippen molar-refractivity contribution in [2.75, 3.05) is 13.2 Å². The van der Waals surface area contributed by atoms with E-state index in [1.807, 2.05) is 0 Å². The number of carbonyl (C=O) groups excluding carboxylic acids is 1. The van der Waals surface area contributed by atoms with Crippen molar-refractivity contribution in [2.45, 2.75) is 55.1 Å². The molecule has 0 bridgehead atoms. The molecule has 134 valence electrons. The molecule has 0 radical (unpaired) electrons. The second-order valence-corrected chi connectivity index (χ2v) is 5.39. The van der Waals surface area contributed by atoms with Crippen molar-refractivity contribution in [1.29, 1.82) is 0 Å². The summed E-state index contributed by atoms with van der Waals surface area (Å²) in [6.07, 6.45) is -14.4. The maximum atomic E-state index is 11.3. The highest BCUT2D eigenvalue weighted by Gasteiger charge is 2.50. The van der Waals surface area contributed by atoms with Crippen LogP contribution in [0.25, 0.3) is 0 Å². The van der Waals surface area contributed by atoms with Crippen molar-refractivity contribution >= 4 is 5.97 Å². The maximum absolute atomic E-state index is 11.3. The Morgan fingerprint density at radius 2 is 1.48 bits per heavy atom. The summed E-state index contributed by atoms with van der Waals surface area (Å²) in [4.78, 5) is 11.3. The summed E-state index contributed by atoms with van der Waals surface area (Å²) in [5, 5.41) is 66.8. The third-order valence-corrected chi connectivity index (χ3v) is 3.86. The molecule has 11 nitrogen and oxygen atoms in total. The van der Waals surface area contributed by atoms with E-state index in [4.69, 9.17) is 14.6 Å². The first kappa shape index (κ1) is 18.4. The van der Waals surface area contributed by atoms with Gasteiger partial charge in [0.1, 0.15) is 36.6 Å². The molecule has 9 atom stereocenters. The van der Waals surface area contributed by atoms with E-state index in [2.05, 4.69) is 4.74 Å². The van der Waals surface area contributed by atoms with Crippen molar-refractivity contribution in [2.24, 2.45) is 0 Å². The largest absolute Gasteiger partial charge is 0.455 e. The van der Waals surface area contributed by atoms with Crippen LogP contribution >= 0.6 is 0 Å². The highest BCUT2D eigenvalue weighted by molar-refractivity contribution is 5.76. The molecule has 11 heteroatoms. The van der Waals surface area contributed by atoms with Crippen molar-refractivity contribution in [3.63, 3.8) is 0 Å². The van der Waals surface area contributed by atoms with Crippen molar-refractivity contribution < 1.29 is 54.8 Å². The van der Waals surface area contributed by atoms with Gasteiger partial charge in [-0.3, -0.25) is 0 Å². The fourth-order valence-electron chi connectivity index (χ4n) is 2.47. The standard InChI is InChI=1S/C12H20O11/c13-1-3-5(15)6(16)9(19)12(22-3)23-10-4(2-14)21-11(20)8(18)7(10)17/h3-10,12-19H,1-2H2/t3-,4-,5+,6+,7-,8+,9+,10+,12+/m1/s1. The zero-order valence-corrected chi connectivity index (χ0v) is 11.9. The van der Waals surface area contributed by atoms with Gasteiger partial charge in [0.15, 0.2) is 18.5 Å². The van der Waals surface area contributed by atoms with Crippen LogP contribution in [0.4, 0.5) is 0 Å². The van der Waals surface area contributed by atoms with Gasteiger partial charge in [-0.1, -0.05) is 0 Å². The minimum atomic E-state index is -1.92. The number of hydrogen-bond acceptors (Lipinski definition) is 11. The van der Waals surface area contributed by atoms with Gasteiger partial charge in [0.25, 0.3) is 0 Å². The molecule has 0 amide bonds. The lowest BCUT2D eigenvalue weighted by molar-refractivity contribution is -0.331. The molecule has 7 N–H and O–H groups in total. The van der Waals surface area contributed by atoms with Crippen LogP contribution in [0.5, 0.6) is 0 Å². The Morgan fingerprint density at radius 1 is 0.870 bits per heavy atom. The van der Waals surface area contributed by atoms with Crippen LogP contribution in [-0.4, -0.2) is 110 Å². The molecular weight excluding hydrogens is 320 g/mol. The molecule has 0 aromatic rings. The smallest absolute Gasteiger partial charge is 0.338 e. The van der Waals surface area contributed by atoms with Gasteiger partial charge in [0.2, 0.25) is 0 Å². The molecule has 2 heterocycles. The van der Waals surface area contributed by atoms with Crippen molar-refractivity contribution in [3.8, 4) is 0 Å². The molecule has 2 fully saturated rings. The van der Waals surface area contributed by atoms with Gasteiger partial charge in [0, 0.05) is 0 Å². The molecule has 0 unspecified atom stereocenters. The quantitative estimate of drug-likeness (QED) is 0.242. The first-order chi connectivity index (χ1) is 10.8. The predicted molar refractivity (Wildman–Crippen MR) is 67.6 cm³/mol. The summed E-state index contributed by atoms with van der Waals surface area (Å²) < 4.78 is 15.0. The molecule has 0 aliphatic carbocycles. The highest BCUT2D eigenvalue weighted by Crippen LogP contribution is 2.27. The summed E-state index contributed by atoms with van der Waals surface area (Å²) in [5.74, 6) is -1.15. The summed E-state index contributed by atoms with van der Waals surface area (Å²) in [7, 11) is 0. The van der Waals surface area contributed by atoms with Crippen LogP contribution in [0.3, 0.4) is 0 Å². The maximum Gasteiger partial charge on any atom is 0.338 e. The van der Waals surface area contributed by atoms with Crippen molar-refractivity contribution in [3.05, 3.63) is 0 Å². The number of cyclic esters (lactones) is 1. The molecule has 2 aliphatic rings. The van der Waals surface area contributed by atoms with Gasteiger partial charge in [-0.05, 0) is 0 Å². The van der Waals surface area contributed by atoms with Crippen LogP contribution in [-0.2, 0) is 19.0 Å². The van der Waals surface area contributed by atoms with Gasteiger partial charge in [-0.25, -0.2) is 4.79 Å². The Kier molecular flexibility index (Phi) is 5.89. The van der Waals surface area contributed by atoms with Gasteiger partial charge in [0.05, 0.1) is 13.2 Å². The molecular formula is C12H20O11. The van der Waals surface area contributed by atoms with E-state index in [-0.39, 0.29) is 0 Å². The number of esters is 1. The number of hydrogen-bond donors (Lipinski definition) is 7. The van der Waals surface area contributed by atoms with E-state index in [0.29, 0.717) is 0 Å². The van der Waals surface area contributed by atoms with Crippen molar-refractivity contribution in [1.82, 2.24) is 0 Å². The lowest BCUT2D eigenvalue weighted by Gasteiger charge is -2.43. The predicted octanol–water partition coefficient (Wildman–Crippen LogP) is -5.19. The van der Waals surface area contributed by atoms with E-state index < -0.39 is 74.3 Å². The first-order valence-corrected chi connectivity index (χ1v) is 6.95. The fourth-order valence-corrected chi connectivity index (χ4v) is 2.47. The zero-order valence-electron chi connectivity index (χ0n) is 11.9. The van der Waals surface area contributed by atoms with Crippen LogP contribution in [0.15, 0.2) is 0 Å². The van der Waals surface area contributed by atoms with Gasteiger partial charge in [-0.15, -0.1) is 0 Å². The molecule has 2 aliphatic heterocycles. The fraction of sp³-hybridized carbons (Fsp3) is 0.917. The Labute approximate surface area is 130 Å². The van der Waals surface area contributed by atoms with Gasteiger partial charge in [-0.2, -0.15) is 0 Å². The first-order valence-electron chi connectivity index (χ1n) is 6.95. The van der Waals surface area contributed by atoms with E-state index in [1.54, 1.807) is 0 Å². The van der Waals surface area contributed by atoms with Gasteiger partial charge < -0.3 is 50.0 Å². The molecule has 2 rings (SSSR count). The monoisotopic (exact) mass is 340 g/mol. The number of ether oxygens (including phenoxy) is 3. The minimum absolute atomic E-state index is 0.681. The van der Waals surface area contributed by atoms with Gasteiger partial charge >= 0.3 is 5.97 Å². The molecule has 0 aromatic carbocycles. The second-order valence-electron chi connectivity index (χ2n) is 5.39. The Bertz CT molecular complexity index is 414. The Morgan fingerprint density at radius 3 is 2.04 bits per heavy atom. The Hall–Kier alpha value is -0.890. The lowest BCUT2D eigenvalue weighted by Crippen LogP contribution is -2.63. The third-order valence-electron chi connectivity index (χ3n) is 3.86. The number of aliphatic hydroxyl groups is 7. The lowest BCUT2D eigenvalue weighted by atomic mass is 9.97. The summed E-state index contributed by atoms with van der Waals surface area (Å²) in [6, 6.07) is 0. The van der Waals surface area contributed by atoms with E-state index >= 15 is 0 Å². The van der Waals surface area contributed by atoms with Crippen LogP contribution in [0.2, 0.25) is 0 Å². The van der Waals surface area contributed by atoms with Crippen LogP contribution in [0.1, 0.15) is 0 Å². The molecule has 23 heavy (non-hydrogen) atoms. The molecule has 0 saturated carbocycles. The molecule has 0 aromatic heterocycles. The minimum Gasteiger partial charge on any atom is -0.455 e. The topological polar surface area (TPSA) is 186 Å².